The summed E-state index contributed by atoms with van der Waals surface area (Å²) in [6, 6.07) is 9.82. The van der Waals surface area contributed by atoms with Crippen LogP contribution >= 0.6 is 12.2 Å². The SMILES string of the molecule is CCOC(=O)CCC(N)CCC(=S)OCc1ccccc1. The molecule has 1 aromatic rings. The van der Waals surface area contributed by atoms with E-state index in [9.17, 15) is 4.79 Å². The van der Waals surface area contributed by atoms with Crippen LogP contribution in [-0.2, 0) is 20.9 Å². The minimum Gasteiger partial charge on any atom is -0.482 e. The lowest BCUT2D eigenvalue weighted by Gasteiger charge is -2.12. The molecule has 0 radical (unpaired) electrons. The maximum atomic E-state index is 11.2. The van der Waals surface area contributed by atoms with Gasteiger partial charge in [-0.15, -0.1) is 0 Å². The van der Waals surface area contributed by atoms with Crippen molar-refractivity contribution in [1.82, 2.24) is 0 Å². The number of hydrogen-bond donors (Lipinski definition) is 1. The number of benzene rings is 1. The summed E-state index contributed by atoms with van der Waals surface area (Å²) in [6.07, 6.45) is 2.31. The van der Waals surface area contributed by atoms with Crippen molar-refractivity contribution in [2.24, 2.45) is 5.73 Å². The van der Waals surface area contributed by atoms with E-state index in [1.54, 1.807) is 6.92 Å². The van der Waals surface area contributed by atoms with Crippen molar-refractivity contribution in [1.29, 1.82) is 0 Å². The Labute approximate surface area is 131 Å². The molecule has 0 aliphatic carbocycles. The maximum absolute atomic E-state index is 11.2. The van der Waals surface area contributed by atoms with E-state index in [-0.39, 0.29) is 12.0 Å². The lowest BCUT2D eigenvalue weighted by Crippen LogP contribution is -2.22. The molecule has 5 heteroatoms. The van der Waals surface area contributed by atoms with E-state index in [4.69, 9.17) is 27.4 Å². The fourth-order valence-corrected chi connectivity index (χ4v) is 1.97. The van der Waals surface area contributed by atoms with E-state index in [0.717, 1.165) is 5.56 Å². The summed E-state index contributed by atoms with van der Waals surface area (Å²) in [5.74, 6) is -0.198. The van der Waals surface area contributed by atoms with E-state index >= 15 is 0 Å². The van der Waals surface area contributed by atoms with Crippen molar-refractivity contribution in [3.8, 4) is 0 Å². The van der Waals surface area contributed by atoms with E-state index in [2.05, 4.69) is 0 Å². The summed E-state index contributed by atoms with van der Waals surface area (Å²) in [4.78, 5) is 11.2. The largest absolute Gasteiger partial charge is 0.482 e. The van der Waals surface area contributed by atoms with Crippen molar-refractivity contribution in [2.45, 2.75) is 45.3 Å². The molecule has 0 spiro atoms. The Bertz CT molecular complexity index is 436. The van der Waals surface area contributed by atoms with Gasteiger partial charge in [-0.05, 0) is 37.5 Å². The molecule has 0 amide bonds. The first-order valence-electron chi connectivity index (χ1n) is 7.22. The third-order valence-corrected chi connectivity index (χ3v) is 3.31. The summed E-state index contributed by atoms with van der Waals surface area (Å²) in [7, 11) is 0. The average molecular weight is 309 g/mol. The zero-order valence-corrected chi connectivity index (χ0v) is 13.2. The van der Waals surface area contributed by atoms with Crippen molar-refractivity contribution in [3.05, 3.63) is 35.9 Å². The Morgan fingerprint density at radius 1 is 1.19 bits per heavy atom. The number of rotatable bonds is 9. The lowest BCUT2D eigenvalue weighted by molar-refractivity contribution is -0.143. The van der Waals surface area contributed by atoms with E-state index in [0.29, 0.717) is 43.9 Å². The van der Waals surface area contributed by atoms with Gasteiger partial charge in [-0.2, -0.15) is 0 Å². The van der Waals surface area contributed by atoms with Crippen LogP contribution in [0.15, 0.2) is 30.3 Å². The second kappa shape index (κ2) is 10.3. The van der Waals surface area contributed by atoms with Crippen molar-refractivity contribution < 1.29 is 14.3 Å². The molecule has 1 unspecified atom stereocenters. The molecule has 0 saturated carbocycles. The molecule has 0 aliphatic heterocycles. The predicted molar refractivity (Wildman–Crippen MR) is 86.9 cm³/mol. The second-order valence-electron chi connectivity index (χ2n) is 4.79. The van der Waals surface area contributed by atoms with Crippen LogP contribution in [0.1, 0.15) is 38.2 Å². The van der Waals surface area contributed by atoms with E-state index in [1.165, 1.54) is 0 Å². The average Bonchev–Trinajstić information content (AvgIpc) is 2.50. The summed E-state index contributed by atoms with van der Waals surface area (Å²) >= 11 is 5.18. The van der Waals surface area contributed by atoms with E-state index in [1.807, 2.05) is 30.3 Å². The summed E-state index contributed by atoms with van der Waals surface area (Å²) < 4.78 is 10.4. The molecule has 0 fully saturated rings. The third kappa shape index (κ3) is 8.42. The van der Waals surface area contributed by atoms with Crippen LogP contribution in [-0.4, -0.2) is 23.7 Å². The zero-order valence-electron chi connectivity index (χ0n) is 12.4. The van der Waals surface area contributed by atoms with Gasteiger partial charge in [0, 0.05) is 18.9 Å². The fourth-order valence-electron chi connectivity index (χ4n) is 1.79. The number of thiocarbonyl (C=S) groups is 1. The van der Waals surface area contributed by atoms with Crippen LogP contribution in [0.25, 0.3) is 0 Å². The number of hydrogen-bond acceptors (Lipinski definition) is 5. The van der Waals surface area contributed by atoms with Gasteiger partial charge in [0.2, 0.25) is 0 Å². The van der Waals surface area contributed by atoms with Gasteiger partial charge in [0.05, 0.1) is 6.61 Å². The van der Waals surface area contributed by atoms with Crippen LogP contribution in [0.5, 0.6) is 0 Å². The summed E-state index contributed by atoms with van der Waals surface area (Å²) in [5, 5.41) is 0.561. The predicted octanol–water partition coefficient (Wildman–Crippen LogP) is 2.98. The molecule has 2 N–H and O–H groups in total. The molecule has 0 heterocycles. The molecule has 1 rings (SSSR count). The molecule has 0 saturated heterocycles. The van der Waals surface area contributed by atoms with Crippen molar-refractivity contribution >= 4 is 23.2 Å². The van der Waals surface area contributed by atoms with Crippen LogP contribution < -0.4 is 5.73 Å². The van der Waals surface area contributed by atoms with Gasteiger partial charge >= 0.3 is 5.97 Å². The van der Waals surface area contributed by atoms with Gasteiger partial charge in [-0.3, -0.25) is 4.79 Å². The molecule has 4 nitrogen and oxygen atoms in total. The minimum atomic E-state index is -0.198. The highest BCUT2D eigenvalue weighted by molar-refractivity contribution is 7.80. The summed E-state index contributed by atoms with van der Waals surface area (Å²) in [6.45, 7) is 2.68. The number of carbonyl (C=O) groups excluding carboxylic acids is 1. The maximum Gasteiger partial charge on any atom is 0.305 e. The Balaban J connectivity index is 2.13. The Kier molecular flexibility index (Phi) is 8.62. The smallest absolute Gasteiger partial charge is 0.305 e. The molecule has 1 atom stereocenters. The van der Waals surface area contributed by atoms with Crippen LogP contribution in [0.2, 0.25) is 0 Å². The van der Waals surface area contributed by atoms with Gasteiger partial charge in [0.15, 0.2) is 5.05 Å². The highest BCUT2D eigenvalue weighted by Crippen LogP contribution is 2.08. The number of carbonyl (C=O) groups is 1. The molecule has 21 heavy (non-hydrogen) atoms. The van der Waals surface area contributed by atoms with E-state index < -0.39 is 0 Å². The topological polar surface area (TPSA) is 61.5 Å². The Hall–Kier alpha value is -1.46. The Morgan fingerprint density at radius 3 is 2.52 bits per heavy atom. The number of esters is 1. The minimum absolute atomic E-state index is 0.0623. The summed E-state index contributed by atoms with van der Waals surface area (Å²) in [5.41, 5.74) is 7.04. The van der Waals surface area contributed by atoms with Crippen molar-refractivity contribution in [3.63, 3.8) is 0 Å². The molecule has 0 bridgehead atoms. The van der Waals surface area contributed by atoms with Gasteiger partial charge in [-0.1, -0.05) is 30.3 Å². The van der Waals surface area contributed by atoms with Gasteiger partial charge in [0.25, 0.3) is 0 Å². The molecular formula is C16H23NO3S. The highest BCUT2D eigenvalue weighted by Gasteiger charge is 2.09. The first-order valence-corrected chi connectivity index (χ1v) is 7.63. The fraction of sp³-hybridized carbons (Fsp3) is 0.500. The number of nitrogens with two attached hydrogens (primary N) is 1. The molecule has 0 aromatic heterocycles. The van der Waals surface area contributed by atoms with Gasteiger partial charge in [-0.25, -0.2) is 0 Å². The lowest BCUT2D eigenvalue weighted by atomic mass is 10.1. The number of ether oxygens (including phenoxy) is 2. The van der Waals surface area contributed by atoms with Crippen molar-refractivity contribution in [2.75, 3.05) is 6.61 Å². The third-order valence-electron chi connectivity index (χ3n) is 2.99. The second-order valence-corrected chi connectivity index (χ2v) is 5.24. The van der Waals surface area contributed by atoms with Gasteiger partial charge in [0.1, 0.15) is 6.61 Å². The standard InChI is InChI=1S/C16H23NO3S/c1-2-19-15(18)10-8-14(17)9-11-16(21)20-12-13-6-4-3-5-7-13/h3-7,14H,2,8-12,17H2,1H3. The molecule has 0 aliphatic rings. The molecular weight excluding hydrogens is 286 g/mol. The molecule has 1 aromatic carbocycles. The quantitative estimate of drug-likeness (QED) is 0.561. The normalized spacial score (nSPS) is 11.7. The van der Waals surface area contributed by atoms with Crippen LogP contribution in [0, 0.1) is 0 Å². The van der Waals surface area contributed by atoms with Crippen LogP contribution in [0.4, 0.5) is 0 Å². The highest BCUT2D eigenvalue weighted by atomic mass is 32.1. The first kappa shape index (κ1) is 17.6. The monoisotopic (exact) mass is 309 g/mol. The first-order chi connectivity index (χ1) is 10.1. The Morgan fingerprint density at radius 2 is 1.86 bits per heavy atom. The molecule has 116 valence electrons. The van der Waals surface area contributed by atoms with Crippen LogP contribution in [0.3, 0.4) is 0 Å². The zero-order chi connectivity index (χ0) is 15.5. The van der Waals surface area contributed by atoms with Gasteiger partial charge < -0.3 is 15.2 Å².